The highest BCUT2D eigenvalue weighted by Gasteiger charge is 2.58. The van der Waals surface area contributed by atoms with Gasteiger partial charge in [0.05, 0.1) is 6.61 Å². The van der Waals surface area contributed by atoms with E-state index >= 15 is 0 Å². The number of hydrogen-bond acceptors (Lipinski definition) is 4. The molecule has 2 heterocycles. The Labute approximate surface area is 138 Å². The lowest BCUT2D eigenvalue weighted by Gasteiger charge is -2.25. The molecule has 2 rings (SSSR count). The SMILES string of the molecule is CCCCCNC(=O)N1C[C@H]2CN(CCOC)C[C@@]2(C(=O)O)C1. The largest absolute Gasteiger partial charge is 0.481 e. The minimum absolute atomic E-state index is 0.00162. The number of urea groups is 1. The van der Waals surface area contributed by atoms with Crippen LogP contribution in [0.5, 0.6) is 0 Å². The number of likely N-dealkylation sites (tertiary alicyclic amines) is 2. The maximum atomic E-state index is 12.2. The predicted octanol–water partition coefficient (Wildman–Crippen LogP) is 0.851. The summed E-state index contributed by atoms with van der Waals surface area (Å²) in [5, 5.41) is 12.7. The lowest BCUT2D eigenvalue weighted by molar-refractivity contribution is -0.148. The van der Waals surface area contributed by atoms with E-state index in [-0.39, 0.29) is 11.9 Å². The Morgan fingerprint density at radius 1 is 1.30 bits per heavy atom. The molecule has 7 nitrogen and oxygen atoms in total. The summed E-state index contributed by atoms with van der Waals surface area (Å²) in [4.78, 5) is 27.9. The van der Waals surface area contributed by atoms with Crippen molar-refractivity contribution in [3.05, 3.63) is 0 Å². The molecule has 0 aromatic heterocycles. The smallest absolute Gasteiger partial charge is 0.317 e. The van der Waals surface area contributed by atoms with E-state index in [1.54, 1.807) is 12.0 Å². The number of methoxy groups -OCH3 is 1. The number of hydrogen-bond donors (Lipinski definition) is 2. The zero-order valence-electron chi connectivity index (χ0n) is 14.2. The fraction of sp³-hybridized carbons (Fsp3) is 0.875. The zero-order valence-corrected chi connectivity index (χ0v) is 14.2. The topological polar surface area (TPSA) is 82.1 Å². The number of fused-ring (bicyclic) bond motifs is 1. The monoisotopic (exact) mass is 327 g/mol. The Morgan fingerprint density at radius 3 is 2.70 bits per heavy atom. The molecule has 0 saturated carbocycles. The van der Waals surface area contributed by atoms with E-state index in [4.69, 9.17) is 4.74 Å². The number of nitrogens with one attached hydrogen (secondary N) is 1. The number of carbonyl (C=O) groups excluding carboxylic acids is 1. The van der Waals surface area contributed by atoms with Crippen molar-refractivity contribution in [2.75, 3.05) is 53.0 Å². The van der Waals surface area contributed by atoms with Crippen LogP contribution in [0.2, 0.25) is 0 Å². The molecule has 0 radical (unpaired) electrons. The van der Waals surface area contributed by atoms with E-state index in [1.807, 2.05) is 0 Å². The van der Waals surface area contributed by atoms with E-state index in [1.165, 1.54) is 0 Å². The molecule has 0 aliphatic carbocycles. The number of unbranched alkanes of at least 4 members (excludes halogenated alkanes) is 2. The molecule has 7 heteroatoms. The van der Waals surface area contributed by atoms with Crippen LogP contribution in [-0.4, -0.2) is 79.9 Å². The van der Waals surface area contributed by atoms with E-state index in [9.17, 15) is 14.7 Å². The molecule has 2 atom stereocenters. The number of amides is 2. The van der Waals surface area contributed by atoms with Gasteiger partial charge in [-0.3, -0.25) is 9.69 Å². The van der Waals surface area contributed by atoms with Gasteiger partial charge in [-0.1, -0.05) is 19.8 Å². The van der Waals surface area contributed by atoms with Crippen LogP contribution in [0.3, 0.4) is 0 Å². The fourth-order valence-electron chi connectivity index (χ4n) is 3.70. The molecule has 2 fully saturated rings. The highest BCUT2D eigenvalue weighted by atomic mass is 16.5. The van der Waals surface area contributed by atoms with Crippen molar-refractivity contribution < 1.29 is 19.4 Å². The molecule has 132 valence electrons. The van der Waals surface area contributed by atoms with Gasteiger partial charge < -0.3 is 20.1 Å². The van der Waals surface area contributed by atoms with Crippen molar-refractivity contribution in [2.45, 2.75) is 26.2 Å². The summed E-state index contributed by atoms with van der Waals surface area (Å²) in [5.41, 5.74) is -0.825. The molecule has 23 heavy (non-hydrogen) atoms. The van der Waals surface area contributed by atoms with Gasteiger partial charge in [0.15, 0.2) is 0 Å². The molecule has 0 bridgehead atoms. The molecule has 2 saturated heterocycles. The third-order valence-electron chi connectivity index (χ3n) is 5.06. The minimum atomic E-state index is -0.825. The Balaban J connectivity index is 1.91. The molecular weight excluding hydrogens is 298 g/mol. The van der Waals surface area contributed by atoms with Crippen LogP contribution in [0.15, 0.2) is 0 Å². The number of carboxylic acids is 1. The summed E-state index contributed by atoms with van der Waals surface area (Å²) >= 11 is 0. The summed E-state index contributed by atoms with van der Waals surface area (Å²) < 4.78 is 5.08. The Morgan fingerprint density at radius 2 is 2.09 bits per heavy atom. The van der Waals surface area contributed by atoms with Gasteiger partial charge in [0.2, 0.25) is 0 Å². The predicted molar refractivity (Wildman–Crippen MR) is 86.4 cm³/mol. The third kappa shape index (κ3) is 3.95. The van der Waals surface area contributed by atoms with Crippen molar-refractivity contribution in [3.63, 3.8) is 0 Å². The highest BCUT2D eigenvalue weighted by Crippen LogP contribution is 2.42. The van der Waals surface area contributed by atoms with Gasteiger partial charge in [-0.05, 0) is 6.42 Å². The van der Waals surface area contributed by atoms with E-state index in [2.05, 4.69) is 17.1 Å². The molecule has 0 aromatic carbocycles. The molecule has 2 N–H and O–H groups in total. The van der Waals surface area contributed by atoms with Crippen LogP contribution < -0.4 is 5.32 Å². The molecule has 2 amide bonds. The lowest BCUT2D eigenvalue weighted by Crippen LogP contribution is -2.45. The van der Waals surface area contributed by atoms with Crippen molar-refractivity contribution >= 4 is 12.0 Å². The van der Waals surface area contributed by atoms with Gasteiger partial charge >= 0.3 is 12.0 Å². The number of ether oxygens (including phenoxy) is 1. The van der Waals surface area contributed by atoms with E-state index in [0.717, 1.165) is 32.4 Å². The molecule has 0 aromatic rings. The Bertz CT molecular complexity index is 432. The first-order chi connectivity index (χ1) is 11.0. The number of aliphatic carboxylic acids is 1. The number of nitrogens with zero attached hydrogens (tertiary/aromatic N) is 2. The van der Waals surface area contributed by atoms with Crippen LogP contribution in [0.25, 0.3) is 0 Å². The van der Waals surface area contributed by atoms with Crippen LogP contribution in [0, 0.1) is 11.3 Å². The van der Waals surface area contributed by atoms with E-state index in [0.29, 0.717) is 32.8 Å². The Hall–Kier alpha value is -1.34. The third-order valence-corrected chi connectivity index (χ3v) is 5.06. The number of carboxylic acid groups (broad SMARTS) is 1. The van der Waals surface area contributed by atoms with Gasteiger partial charge in [0.25, 0.3) is 0 Å². The van der Waals surface area contributed by atoms with Crippen molar-refractivity contribution in [3.8, 4) is 0 Å². The van der Waals surface area contributed by atoms with Crippen molar-refractivity contribution in [1.29, 1.82) is 0 Å². The van der Waals surface area contributed by atoms with Gasteiger partial charge in [0, 0.05) is 52.3 Å². The van der Waals surface area contributed by atoms with Crippen LogP contribution in [0.4, 0.5) is 4.79 Å². The van der Waals surface area contributed by atoms with Crippen LogP contribution >= 0.6 is 0 Å². The first kappa shape index (κ1) is 18.0. The normalized spacial score (nSPS) is 27.2. The molecule has 0 unspecified atom stereocenters. The van der Waals surface area contributed by atoms with Gasteiger partial charge in [-0.25, -0.2) is 4.79 Å². The second-order valence-corrected chi connectivity index (χ2v) is 6.71. The summed E-state index contributed by atoms with van der Waals surface area (Å²) in [7, 11) is 1.65. The molecular formula is C16H29N3O4. The average molecular weight is 327 g/mol. The minimum Gasteiger partial charge on any atom is -0.481 e. The number of carbonyl (C=O) groups is 2. The van der Waals surface area contributed by atoms with Gasteiger partial charge in [-0.2, -0.15) is 0 Å². The zero-order chi connectivity index (χ0) is 16.9. The summed E-state index contributed by atoms with van der Waals surface area (Å²) in [6.07, 6.45) is 3.17. The molecule has 0 spiro atoms. The summed E-state index contributed by atoms with van der Waals surface area (Å²) in [5.74, 6) is -0.790. The quantitative estimate of drug-likeness (QED) is 0.646. The molecule has 2 aliphatic rings. The first-order valence-electron chi connectivity index (χ1n) is 8.51. The van der Waals surface area contributed by atoms with Crippen LogP contribution in [0.1, 0.15) is 26.2 Å². The van der Waals surface area contributed by atoms with Gasteiger partial charge in [-0.15, -0.1) is 0 Å². The number of rotatable bonds is 8. The first-order valence-corrected chi connectivity index (χ1v) is 8.51. The van der Waals surface area contributed by atoms with E-state index < -0.39 is 11.4 Å². The molecule has 2 aliphatic heterocycles. The lowest BCUT2D eigenvalue weighted by atomic mass is 9.81. The second kappa shape index (κ2) is 7.97. The average Bonchev–Trinajstić information content (AvgIpc) is 3.04. The van der Waals surface area contributed by atoms with Gasteiger partial charge in [0.1, 0.15) is 5.41 Å². The highest BCUT2D eigenvalue weighted by molar-refractivity contribution is 5.81. The summed E-state index contributed by atoms with van der Waals surface area (Å²) in [6.45, 7) is 6.16. The summed E-state index contributed by atoms with van der Waals surface area (Å²) in [6, 6.07) is -0.125. The Kier molecular flexibility index (Phi) is 6.24. The van der Waals surface area contributed by atoms with Crippen molar-refractivity contribution in [2.24, 2.45) is 11.3 Å². The fourth-order valence-corrected chi connectivity index (χ4v) is 3.70. The van der Waals surface area contributed by atoms with Crippen molar-refractivity contribution in [1.82, 2.24) is 15.1 Å². The second-order valence-electron chi connectivity index (χ2n) is 6.71. The van der Waals surface area contributed by atoms with Crippen LogP contribution in [-0.2, 0) is 9.53 Å². The maximum Gasteiger partial charge on any atom is 0.317 e. The maximum absolute atomic E-state index is 12.2. The standard InChI is InChI=1S/C16H29N3O4/c1-3-4-5-6-17-15(22)19-10-13-9-18(7-8-23-2)11-16(13,12-19)14(20)21/h13H,3-12H2,1-2H3,(H,17,22)(H,20,21)/t13-,16-/m1/s1.